The van der Waals surface area contributed by atoms with Crippen LogP contribution in [0.15, 0.2) is 64.6 Å². The molecule has 1 fully saturated rings. The van der Waals surface area contributed by atoms with Crippen LogP contribution >= 0.6 is 12.6 Å². The molecular formula is C60H94N18O15S. The highest BCUT2D eigenvalue weighted by Crippen LogP contribution is 2.23. The van der Waals surface area contributed by atoms with E-state index in [4.69, 9.17) is 28.7 Å². The van der Waals surface area contributed by atoms with Crippen molar-refractivity contribution in [1.29, 1.82) is 0 Å². The lowest BCUT2D eigenvalue weighted by Gasteiger charge is -2.32. The number of aliphatic hydroxyl groups excluding tert-OH is 1. The van der Waals surface area contributed by atoms with Gasteiger partial charge in [0.2, 0.25) is 65.0 Å². The maximum Gasteiger partial charge on any atom is 0.328 e. The van der Waals surface area contributed by atoms with Crippen LogP contribution in [0.25, 0.3) is 0 Å². The van der Waals surface area contributed by atoms with Crippen molar-refractivity contribution in [3.63, 3.8) is 0 Å². The molecule has 3 rings (SSSR count). The number of likely N-dealkylation sites (tertiary alicyclic amines) is 1. The summed E-state index contributed by atoms with van der Waals surface area (Å²) in [4.78, 5) is 173. The number of hydrogen-bond donors (Lipinski definition) is 19. The summed E-state index contributed by atoms with van der Waals surface area (Å²) in [7, 11) is 0. The van der Waals surface area contributed by atoms with Gasteiger partial charge in [-0.2, -0.15) is 12.6 Å². The van der Waals surface area contributed by atoms with Gasteiger partial charge >= 0.3 is 5.97 Å². The zero-order chi connectivity index (χ0) is 70.4. The highest BCUT2D eigenvalue weighted by atomic mass is 32.1. The minimum Gasteiger partial charge on any atom is -0.508 e. The van der Waals surface area contributed by atoms with Gasteiger partial charge in [-0.05, 0) is 87.5 Å². The molecule has 11 amide bonds. The Bertz CT molecular complexity index is 2970. The third-order valence-corrected chi connectivity index (χ3v) is 15.5. The Morgan fingerprint density at radius 1 is 0.596 bits per heavy atom. The largest absolute Gasteiger partial charge is 0.508 e. The molecule has 1 saturated heterocycles. The number of carbonyl (C=O) groups excluding carboxylic acids is 11. The van der Waals surface area contributed by atoms with Crippen LogP contribution in [0.4, 0.5) is 0 Å². The smallest absolute Gasteiger partial charge is 0.328 e. The van der Waals surface area contributed by atoms with Crippen LogP contribution in [0.3, 0.4) is 0 Å². The first-order chi connectivity index (χ1) is 44.4. The van der Waals surface area contributed by atoms with Crippen LogP contribution in [0.2, 0.25) is 0 Å². The summed E-state index contributed by atoms with van der Waals surface area (Å²) >= 11 is 4.25. The number of rotatable bonds is 39. The Balaban J connectivity index is 1.79. The molecule has 23 N–H and O–H groups in total. The Morgan fingerprint density at radius 3 is 1.61 bits per heavy atom. The number of phenolic OH excluding ortho intramolecular Hbond substituents is 1. The van der Waals surface area contributed by atoms with Gasteiger partial charge in [-0.1, -0.05) is 76.6 Å². The molecule has 94 heavy (non-hydrogen) atoms. The molecule has 2 aromatic carbocycles. The maximum absolute atomic E-state index is 14.6. The van der Waals surface area contributed by atoms with Gasteiger partial charge in [0.15, 0.2) is 11.9 Å². The van der Waals surface area contributed by atoms with Gasteiger partial charge in [-0.15, -0.1) is 0 Å². The number of aromatic hydroxyl groups is 1. The highest BCUT2D eigenvalue weighted by molar-refractivity contribution is 7.80. The van der Waals surface area contributed by atoms with Crippen LogP contribution in [0, 0.1) is 11.8 Å². The molecule has 12 atom stereocenters. The van der Waals surface area contributed by atoms with E-state index in [0.717, 1.165) is 0 Å². The van der Waals surface area contributed by atoms with E-state index in [1.165, 1.54) is 43.0 Å². The predicted molar refractivity (Wildman–Crippen MR) is 349 cm³/mol. The molecule has 1 aliphatic heterocycles. The molecule has 0 unspecified atom stereocenters. The number of hydrogen-bond acceptors (Lipinski definition) is 18. The number of nitrogens with zero attached hydrogens (tertiary/aromatic N) is 3. The van der Waals surface area contributed by atoms with Gasteiger partial charge < -0.3 is 102 Å². The lowest BCUT2D eigenvalue weighted by atomic mass is 9.97. The SMILES string of the molecule is CC[C@H](C)[C@H](NC(=O)CNC(=O)[C@H](Cc1ccccc1)NC(=O)[C@H](C)NC(=O)[C@H](CCCN=C(N)N)NC(=O)[C@H](C)N)C(=O)N1CCC[C@H]1C(=O)N[C@H](C(=O)N[C@@H](CCCN=C(N)N)C(=O)N[C@@H](CS)C(=O)N[C@@H](Cc1ccc(O)cc1)C(=O)N[C@@H](CO)C(=O)O)C(C)C. The van der Waals surface area contributed by atoms with E-state index in [1.54, 1.807) is 58.0 Å². The summed E-state index contributed by atoms with van der Waals surface area (Å²) in [5.41, 5.74) is 28.6. The summed E-state index contributed by atoms with van der Waals surface area (Å²) in [6.07, 6.45) is 0.941. The van der Waals surface area contributed by atoms with E-state index in [-0.39, 0.29) is 88.0 Å². The zero-order valence-corrected chi connectivity index (χ0v) is 54.6. The molecule has 34 heteroatoms. The summed E-state index contributed by atoms with van der Waals surface area (Å²) in [6.45, 7) is 8.13. The minimum absolute atomic E-state index is 0.00632. The van der Waals surface area contributed by atoms with Crippen LogP contribution < -0.4 is 81.8 Å². The zero-order valence-electron chi connectivity index (χ0n) is 53.7. The van der Waals surface area contributed by atoms with Crippen molar-refractivity contribution in [2.45, 2.75) is 166 Å². The number of guanidine groups is 2. The average Bonchev–Trinajstić information content (AvgIpc) is 1.61. The number of aliphatic carboxylic acids is 1. The van der Waals surface area contributed by atoms with Gasteiger partial charge in [0.25, 0.3) is 0 Å². The van der Waals surface area contributed by atoms with Crippen molar-refractivity contribution in [2.24, 2.45) is 50.5 Å². The number of thiol groups is 1. The Kier molecular flexibility index (Phi) is 33.5. The molecule has 2 aromatic rings. The number of phenols is 1. The normalized spacial score (nSPS) is 16.1. The fraction of sp³-hybridized carbons (Fsp3) is 0.567. The molecule has 0 aromatic heterocycles. The van der Waals surface area contributed by atoms with Crippen molar-refractivity contribution < 1.29 is 72.9 Å². The Labute approximate surface area is 550 Å². The van der Waals surface area contributed by atoms with Crippen LogP contribution in [-0.4, -0.2) is 208 Å². The van der Waals surface area contributed by atoms with Crippen molar-refractivity contribution in [3.05, 3.63) is 65.7 Å². The highest BCUT2D eigenvalue weighted by Gasteiger charge is 2.42. The second kappa shape index (κ2) is 39.9. The summed E-state index contributed by atoms with van der Waals surface area (Å²) in [5.74, 6) is -12.4. The van der Waals surface area contributed by atoms with E-state index in [2.05, 4.69) is 75.8 Å². The van der Waals surface area contributed by atoms with Gasteiger partial charge in [-0.3, -0.25) is 62.7 Å². The first-order valence-electron chi connectivity index (χ1n) is 30.8. The molecule has 0 radical (unpaired) electrons. The first kappa shape index (κ1) is 78.9. The maximum atomic E-state index is 14.6. The quantitative estimate of drug-likeness (QED) is 0.0129. The van der Waals surface area contributed by atoms with Crippen molar-refractivity contribution in [2.75, 3.05) is 38.5 Å². The predicted octanol–water partition coefficient (Wildman–Crippen LogP) is -5.17. The lowest BCUT2D eigenvalue weighted by Crippen LogP contribution is -2.61. The molecule has 1 heterocycles. The lowest BCUT2D eigenvalue weighted by molar-refractivity contribution is -0.143. The topological polar surface area (TPSA) is 544 Å². The summed E-state index contributed by atoms with van der Waals surface area (Å²) in [5, 5.41) is 54.3. The van der Waals surface area contributed by atoms with Crippen molar-refractivity contribution >= 4 is 95.5 Å². The van der Waals surface area contributed by atoms with E-state index >= 15 is 0 Å². The molecule has 0 aliphatic carbocycles. The van der Waals surface area contributed by atoms with E-state index in [1.807, 2.05) is 0 Å². The summed E-state index contributed by atoms with van der Waals surface area (Å²) < 4.78 is 0. The van der Waals surface area contributed by atoms with E-state index in [9.17, 15) is 72.9 Å². The number of nitrogens with two attached hydrogens (primary N) is 5. The van der Waals surface area contributed by atoms with Crippen LogP contribution in [0.1, 0.15) is 97.6 Å². The number of aliphatic hydroxyl groups is 1. The number of carboxylic acids is 1. The molecule has 520 valence electrons. The average molecular weight is 1340 g/mol. The summed E-state index contributed by atoms with van der Waals surface area (Å²) in [6, 6.07) is -0.270. The van der Waals surface area contributed by atoms with Crippen LogP contribution in [0.5, 0.6) is 5.75 Å². The monoisotopic (exact) mass is 1340 g/mol. The molecule has 0 bridgehead atoms. The van der Waals surface area contributed by atoms with Crippen LogP contribution in [-0.2, 0) is 70.4 Å². The van der Waals surface area contributed by atoms with Crippen molar-refractivity contribution in [1.82, 2.24) is 58.1 Å². The third kappa shape index (κ3) is 26.7. The standard InChI is InChI=1S/C60H94N18O15S/c1-7-32(4)47(76-45(81)28-68-50(84)40(26-35-14-9-8-10-15-35)72-49(83)34(6)69-51(85)38(70-48(82)33(5)61)16-11-23-66-59(62)63)57(91)78-25-13-18-44(78)55(89)77-46(31(2)3)56(90)71-39(17-12-24-67-60(64)65)52(86)75-43(30-94)54(88)73-41(27-36-19-21-37(80)22-20-36)53(87)74-42(29-79)58(92)93/h8-10,14-15,19-22,31-34,38-44,46-47,79-80,94H,7,11-13,16-18,23-30,61H2,1-6H3,(H,68,84)(H,69,85)(H,70,82)(H,71,90)(H,72,83)(H,73,88)(H,74,87)(H,75,86)(H,76,81)(H,77,89)(H,92,93)(H4,62,63,66)(H4,64,65,67)/t32-,33-,34-,38-,39-,40-,41-,42-,43-,44-,46-,47-/m0/s1. The Hall–Kier alpha value is -9.31. The van der Waals surface area contributed by atoms with Gasteiger partial charge in [-0.25, -0.2) is 4.79 Å². The van der Waals surface area contributed by atoms with Gasteiger partial charge in [0.1, 0.15) is 66.2 Å². The molecule has 1 aliphatic rings. The fourth-order valence-corrected chi connectivity index (χ4v) is 9.84. The first-order valence-corrected chi connectivity index (χ1v) is 31.5. The molecule has 0 saturated carbocycles. The third-order valence-electron chi connectivity index (χ3n) is 15.2. The minimum atomic E-state index is -1.74. The van der Waals surface area contributed by atoms with Gasteiger partial charge in [0, 0.05) is 38.2 Å². The fourth-order valence-electron chi connectivity index (χ4n) is 9.58. The van der Waals surface area contributed by atoms with E-state index < -0.39 is 162 Å². The number of aliphatic imine (C=N–C) groups is 2. The molecule has 33 nitrogen and oxygen atoms in total. The second-order valence-electron chi connectivity index (χ2n) is 23.1. The number of amides is 11. The Morgan fingerprint density at radius 2 is 1.09 bits per heavy atom. The molecular weight excluding hydrogens is 1240 g/mol. The number of nitrogens with one attached hydrogen (secondary N) is 10. The van der Waals surface area contributed by atoms with E-state index in [0.29, 0.717) is 24.0 Å². The number of carboxylic acid groups (broad SMARTS) is 1. The van der Waals surface area contributed by atoms with Gasteiger partial charge in [0.05, 0.1) is 19.2 Å². The molecule has 0 spiro atoms. The number of benzene rings is 2. The number of carbonyl (C=O) groups is 12. The second-order valence-corrected chi connectivity index (χ2v) is 23.5. The van der Waals surface area contributed by atoms with Crippen molar-refractivity contribution in [3.8, 4) is 5.75 Å².